The van der Waals surface area contributed by atoms with Crippen molar-refractivity contribution in [2.75, 3.05) is 24.6 Å². The standard InChI is InChI=1S/C10H17N3O5S2/c1-8-9(7-14)10(12-11-8)20(17,18)13-3-2-5-19(15,16)6-4-13/h14H,2-7H2,1H3,(H,11,12). The first-order valence-corrected chi connectivity index (χ1v) is 9.39. The van der Waals surface area contributed by atoms with E-state index >= 15 is 0 Å². The Bertz CT molecular complexity index is 692. The zero-order valence-electron chi connectivity index (χ0n) is 11.0. The van der Waals surface area contributed by atoms with E-state index in [-0.39, 0.29) is 41.6 Å². The van der Waals surface area contributed by atoms with Gasteiger partial charge in [-0.1, -0.05) is 0 Å². The third kappa shape index (κ3) is 2.87. The normalized spacial score (nSPS) is 20.7. The minimum atomic E-state index is -3.89. The number of aromatic nitrogens is 2. The Morgan fingerprint density at radius 2 is 2.05 bits per heavy atom. The van der Waals surface area contributed by atoms with Crippen molar-refractivity contribution in [2.24, 2.45) is 0 Å². The number of hydrogen-bond acceptors (Lipinski definition) is 6. The second kappa shape index (κ2) is 5.43. The fourth-order valence-electron chi connectivity index (χ4n) is 2.11. The van der Waals surface area contributed by atoms with Crippen LogP contribution in [0.25, 0.3) is 0 Å². The first kappa shape index (κ1) is 15.4. The summed E-state index contributed by atoms with van der Waals surface area (Å²) in [6, 6.07) is 0. The van der Waals surface area contributed by atoms with Crippen LogP contribution in [0, 0.1) is 6.92 Å². The van der Waals surface area contributed by atoms with E-state index in [1.807, 2.05) is 0 Å². The maximum Gasteiger partial charge on any atom is 0.262 e. The van der Waals surface area contributed by atoms with Gasteiger partial charge in [0.05, 0.1) is 18.1 Å². The summed E-state index contributed by atoms with van der Waals surface area (Å²) in [6.45, 7) is 1.23. The molecule has 0 bridgehead atoms. The highest BCUT2D eigenvalue weighted by Crippen LogP contribution is 2.22. The monoisotopic (exact) mass is 323 g/mol. The molecule has 0 aromatic carbocycles. The molecule has 8 nitrogen and oxygen atoms in total. The number of sulfone groups is 1. The molecule has 2 heterocycles. The van der Waals surface area contributed by atoms with Crippen LogP contribution in [0.1, 0.15) is 17.7 Å². The minimum absolute atomic E-state index is 0.00846. The lowest BCUT2D eigenvalue weighted by Gasteiger charge is -2.18. The molecule has 0 saturated carbocycles. The number of sulfonamides is 1. The first-order chi connectivity index (χ1) is 9.28. The number of aromatic amines is 1. The van der Waals surface area contributed by atoms with Gasteiger partial charge in [0.25, 0.3) is 10.0 Å². The van der Waals surface area contributed by atoms with Crippen molar-refractivity contribution in [2.45, 2.75) is 25.0 Å². The van der Waals surface area contributed by atoms with Gasteiger partial charge in [0.2, 0.25) is 0 Å². The van der Waals surface area contributed by atoms with E-state index in [1.165, 1.54) is 0 Å². The lowest BCUT2D eigenvalue weighted by molar-refractivity contribution is 0.277. The second-order valence-corrected chi connectivity index (χ2v) is 8.86. The van der Waals surface area contributed by atoms with E-state index in [4.69, 9.17) is 0 Å². The molecule has 0 radical (unpaired) electrons. The molecule has 1 saturated heterocycles. The van der Waals surface area contributed by atoms with Crippen molar-refractivity contribution in [3.05, 3.63) is 11.3 Å². The predicted molar refractivity (Wildman–Crippen MR) is 71.3 cm³/mol. The van der Waals surface area contributed by atoms with Gasteiger partial charge < -0.3 is 5.11 Å². The van der Waals surface area contributed by atoms with Crippen molar-refractivity contribution in [1.82, 2.24) is 14.5 Å². The molecule has 10 heteroatoms. The second-order valence-electron chi connectivity index (χ2n) is 4.70. The minimum Gasteiger partial charge on any atom is -0.392 e. The number of aliphatic hydroxyl groups is 1. The first-order valence-electron chi connectivity index (χ1n) is 6.13. The largest absolute Gasteiger partial charge is 0.392 e. The highest BCUT2D eigenvalue weighted by Gasteiger charge is 2.32. The van der Waals surface area contributed by atoms with Gasteiger partial charge in [-0.05, 0) is 13.3 Å². The third-order valence-electron chi connectivity index (χ3n) is 3.29. The van der Waals surface area contributed by atoms with Crippen LogP contribution < -0.4 is 0 Å². The van der Waals surface area contributed by atoms with Gasteiger partial charge in [0, 0.05) is 24.3 Å². The molecule has 0 aliphatic carbocycles. The molecule has 1 aliphatic heterocycles. The molecular formula is C10H17N3O5S2. The Morgan fingerprint density at radius 1 is 1.35 bits per heavy atom. The van der Waals surface area contributed by atoms with Crippen LogP contribution in [0.15, 0.2) is 5.03 Å². The van der Waals surface area contributed by atoms with Gasteiger partial charge in [-0.2, -0.15) is 9.40 Å². The van der Waals surface area contributed by atoms with Crippen molar-refractivity contribution in [3.63, 3.8) is 0 Å². The average molecular weight is 323 g/mol. The van der Waals surface area contributed by atoms with E-state index in [0.29, 0.717) is 5.69 Å². The molecule has 114 valence electrons. The van der Waals surface area contributed by atoms with Crippen molar-refractivity contribution in [3.8, 4) is 0 Å². The molecule has 2 N–H and O–H groups in total. The molecule has 0 atom stereocenters. The van der Waals surface area contributed by atoms with Gasteiger partial charge in [-0.15, -0.1) is 0 Å². The van der Waals surface area contributed by atoms with Crippen LogP contribution in [0.2, 0.25) is 0 Å². The Kier molecular flexibility index (Phi) is 4.19. The van der Waals surface area contributed by atoms with Crippen LogP contribution in [-0.4, -0.2) is 61.0 Å². The molecule has 0 spiro atoms. The van der Waals surface area contributed by atoms with E-state index in [9.17, 15) is 21.9 Å². The van der Waals surface area contributed by atoms with Crippen LogP contribution in [0.3, 0.4) is 0 Å². The summed E-state index contributed by atoms with van der Waals surface area (Å²) >= 11 is 0. The fraction of sp³-hybridized carbons (Fsp3) is 0.700. The van der Waals surface area contributed by atoms with E-state index < -0.39 is 26.5 Å². The van der Waals surface area contributed by atoms with Gasteiger partial charge in [0.1, 0.15) is 0 Å². The molecule has 1 aliphatic rings. The molecule has 0 amide bonds. The van der Waals surface area contributed by atoms with E-state index in [2.05, 4.69) is 10.2 Å². The highest BCUT2D eigenvalue weighted by molar-refractivity contribution is 7.91. The Morgan fingerprint density at radius 3 is 2.70 bits per heavy atom. The van der Waals surface area contributed by atoms with E-state index in [0.717, 1.165) is 4.31 Å². The Balaban J connectivity index is 2.35. The van der Waals surface area contributed by atoms with Gasteiger partial charge in [-0.3, -0.25) is 5.10 Å². The third-order valence-corrected chi connectivity index (χ3v) is 6.88. The number of aryl methyl sites for hydroxylation is 1. The number of hydrogen-bond donors (Lipinski definition) is 2. The van der Waals surface area contributed by atoms with Crippen LogP contribution in [0.5, 0.6) is 0 Å². The highest BCUT2D eigenvalue weighted by atomic mass is 32.2. The number of rotatable bonds is 3. The summed E-state index contributed by atoms with van der Waals surface area (Å²) in [5, 5.41) is 15.3. The van der Waals surface area contributed by atoms with Crippen LogP contribution in [0.4, 0.5) is 0 Å². The van der Waals surface area contributed by atoms with Crippen LogP contribution >= 0.6 is 0 Å². The summed E-state index contributed by atoms with van der Waals surface area (Å²) in [6.07, 6.45) is 0.263. The number of aliphatic hydroxyl groups excluding tert-OH is 1. The van der Waals surface area contributed by atoms with Crippen LogP contribution in [-0.2, 0) is 26.5 Å². The summed E-state index contributed by atoms with van der Waals surface area (Å²) < 4.78 is 49.1. The lowest BCUT2D eigenvalue weighted by atomic mass is 10.3. The molecule has 2 rings (SSSR count). The lowest BCUT2D eigenvalue weighted by Crippen LogP contribution is -2.34. The molecule has 1 aromatic rings. The summed E-state index contributed by atoms with van der Waals surface area (Å²) in [7, 11) is -7.08. The van der Waals surface area contributed by atoms with Crippen molar-refractivity contribution >= 4 is 19.9 Å². The quantitative estimate of drug-likeness (QED) is 0.737. The molecule has 1 fully saturated rings. The van der Waals surface area contributed by atoms with E-state index in [1.54, 1.807) is 6.92 Å². The molecule has 1 aromatic heterocycles. The number of nitrogens with zero attached hydrogens (tertiary/aromatic N) is 2. The smallest absolute Gasteiger partial charge is 0.262 e. The maximum absolute atomic E-state index is 12.5. The maximum atomic E-state index is 12.5. The molecular weight excluding hydrogens is 306 g/mol. The average Bonchev–Trinajstić information content (AvgIpc) is 2.64. The zero-order valence-corrected chi connectivity index (χ0v) is 12.7. The zero-order chi connectivity index (χ0) is 15.0. The van der Waals surface area contributed by atoms with Gasteiger partial charge in [0.15, 0.2) is 14.9 Å². The summed E-state index contributed by atoms with van der Waals surface area (Å²) in [5.74, 6) is -0.199. The topological polar surface area (TPSA) is 120 Å². The predicted octanol–water partition coefficient (Wildman–Crippen LogP) is -0.980. The number of nitrogens with one attached hydrogen (secondary N) is 1. The van der Waals surface area contributed by atoms with Gasteiger partial charge >= 0.3 is 0 Å². The molecule has 0 unspecified atom stereocenters. The van der Waals surface area contributed by atoms with Gasteiger partial charge in [-0.25, -0.2) is 16.8 Å². The summed E-state index contributed by atoms with van der Waals surface area (Å²) in [5.41, 5.74) is 0.700. The Hall–Kier alpha value is -0.970. The van der Waals surface area contributed by atoms with Crippen molar-refractivity contribution in [1.29, 1.82) is 0 Å². The van der Waals surface area contributed by atoms with Crippen molar-refractivity contribution < 1.29 is 21.9 Å². The molecule has 20 heavy (non-hydrogen) atoms. The fourth-order valence-corrected chi connectivity index (χ4v) is 5.13. The number of H-pyrrole nitrogens is 1. The Labute approximate surface area is 117 Å². The SMILES string of the molecule is Cc1[nH]nc(S(=O)(=O)N2CCCS(=O)(=O)CC2)c1CO. The summed E-state index contributed by atoms with van der Waals surface area (Å²) in [4.78, 5) is 0.